The van der Waals surface area contributed by atoms with Crippen molar-refractivity contribution in [2.75, 3.05) is 25.4 Å². The number of nitrogens with zero attached hydrogens (tertiary/aromatic N) is 2. The largest absolute Gasteiger partial charge is 0.312 e. The SMILES string of the molecule is [CH2]CCC(CCSc1ccncc1-c1ccc(C)cc1)N1CCNC(C)C1. The van der Waals surface area contributed by atoms with Gasteiger partial charge in [-0.3, -0.25) is 9.88 Å². The summed E-state index contributed by atoms with van der Waals surface area (Å²) < 4.78 is 0. The van der Waals surface area contributed by atoms with Crippen LogP contribution in [0.3, 0.4) is 0 Å². The molecule has 3 rings (SSSR count). The molecule has 1 saturated heterocycles. The van der Waals surface area contributed by atoms with Crippen molar-refractivity contribution in [3.8, 4) is 11.1 Å². The highest BCUT2D eigenvalue weighted by molar-refractivity contribution is 7.99. The van der Waals surface area contributed by atoms with E-state index in [1.165, 1.54) is 34.4 Å². The number of piperazine rings is 1. The molecule has 0 bridgehead atoms. The van der Waals surface area contributed by atoms with Crippen molar-refractivity contribution in [3.63, 3.8) is 0 Å². The van der Waals surface area contributed by atoms with Crippen LogP contribution in [0.25, 0.3) is 11.1 Å². The van der Waals surface area contributed by atoms with E-state index in [1.54, 1.807) is 0 Å². The molecule has 1 aliphatic heterocycles. The lowest BCUT2D eigenvalue weighted by Gasteiger charge is -2.38. The lowest BCUT2D eigenvalue weighted by molar-refractivity contribution is 0.139. The smallest absolute Gasteiger partial charge is 0.0357 e. The average Bonchev–Trinajstić information content (AvgIpc) is 2.68. The lowest BCUT2D eigenvalue weighted by atomic mass is 10.1. The molecule has 1 aliphatic rings. The van der Waals surface area contributed by atoms with Gasteiger partial charge < -0.3 is 5.32 Å². The summed E-state index contributed by atoms with van der Waals surface area (Å²) in [6.07, 6.45) is 7.32. The fraction of sp³-hybridized carbons (Fsp3) is 0.478. The number of hydrogen-bond acceptors (Lipinski definition) is 4. The Morgan fingerprint density at radius 2 is 2.07 bits per heavy atom. The third kappa shape index (κ3) is 5.81. The topological polar surface area (TPSA) is 28.2 Å². The quantitative estimate of drug-likeness (QED) is 0.663. The molecular formula is C23H32N3S. The Morgan fingerprint density at radius 1 is 1.26 bits per heavy atom. The Hall–Kier alpha value is -1.36. The van der Waals surface area contributed by atoms with Gasteiger partial charge in [0.05, 0.1) is 0 Å². The van der Waals surface area contributed by atoms with Crippen molar-refractivity contribution >= 4 is 11.8 Å². The molecule has 1 N–H and O–H groups in total. The van der Waals surface area contributed by atoms with Crippen molar-refractivity contribution in [2.24, 2.45) is 0 Å². The highest BCUT2D eigenvalue weighted by atomic mass is 32.2. The highest BCUT2D eigenvalue weighted by Crippen LogP contribution is 2.32. The summed E-state index contributed by atoms with van der Waals surface area (Å²) in [5.74, 6) is 1.13. The second kappa shape index (κ2) is 10.3. The summed E-state index contributed by atoms with van der Waals surface area (Å²) in [4.78, 5) is 8.36. The van der Waals surface area contributed by atoms with Crippen LogP contribution in [-0.4, -0.2) is 47.4 Å². The van der Waals surface area contributed by atoms with Crippen LogP contribution in [0.15, 0.2) is 47.6 Å². The van der Waals surface area contributed by atoms with Gasteiger partial charge in [-0.1, -0.05) is 43.2 Å². The van der Waals surface area contributed by atoms with Crippen molar-refractivity contribution in [2.45, 2.75) is 50.1 Å². The number of hydrogen-bond donors (Lipinski definition) is 1. The monoisotopic (exact) mass is 382 g/mol. The first-order valence-electron chi connectivity index (χ1n) is 10.1. The molecule has 4 heteroatoms. The molecule has 1 radical (unpaired) electrons. The minimum absolute atomic E-state index is 0.590. The van der Waals surface area contributed by atoms with Crippen LogP contribution in [0.4, 0.5) is 0 Å². The molecule has 2 heterocycles. The standard InChI is InChI=1S/C23H32N3S/c1-4-5-21(26-14-13-25-19(3)17-26)11-15-27-23-10-12-24-16-22(23)20-8-6-18(2)7-9-20/h6-10,12,16,19,21,25H,1,4-5,11,13-15,17H2,2-3H3. The van der Waals surface area contributed by atoms with Gasteiger partial charge in [0.2, 0.25) is 0 Å². The third-order valence-electron chi connectivity index (χ3n) is 5.31. The summed E-state index contributed by atoms with van der Waals surface area (Å²) in [6.45, 7) is 11.9. The Labute approximate surface area is 169 Å². The summed E-state index contributed by atoms with van der Waals surface area (Å²) >= 11 is 1.96. The Balaban J connectivity index is 1.63. The van der Waals surface area contributed by atoms with Crippen LogP contribution in [-0.2, 0) is 0 Å². The fourth-order valence-corrected chi connectivity index (χ4v) is 4.89. The van der Waals surface area contributed by atoms with E-state index in [1.807, 2.05) is 24.2 Å². The molecule has 2 aromatic rings. The van der Waals surface area contributed by atoms with Gasteiger partial charge in [-0.25, -0.2) is 0 Å². The second-order valence-electron chi connectivity index (χ2n) is 7.52. The van der Waals surface area contributed by atoms with Gasteiger partial charge in [-0.15, -0.1) is 11.8 Å². The first-order chi connectivity index (χ1) is 13.2. The van der Waals surface area contributed by atoms with E-state index in [-0.39, 0.29) is 0 Å². The third-order valence-corrected chi connectivity index (χ3v) is 6.41. The van der Waals surface area contributed by atoms with E-state index < -0.39 is 0 Å². The minimum atomic E-state index is 0.590. The molecule has 3 nitrogen and oxygen atoms in total. The highest BCUT2D eigenvalue weighted by Gasteiger charge is 2.22. The number of aromatic nitrogens is 1. The Bertz CT molecular complexity index is 701. The molecule has 1 fully saturated rings. The fourth-order valence-electron chi connectivity index (χ4n) is 3.80. The maximum Gasteiger partial charge on any atom is 0.0357 e. The molecule has 27 heavy (non-hydrogen) atoms. The Morgan fingerprint density at radius 3 is 2.81 bits per heavy atom. The van der Waals surface area contributed by atoms with Gasteiger partial charge in [-0.05, 0) is 44.1 Å². The zero-order chi connectivity index (χ0) is 19.1. The normalized spacial score (nSPS) is 19.1. The van der Waals surface area contributed by atoms with E-state index in [4.69, 9.17) is 0 Å². The molecule has 2 unspecified atom stereocenters. The molecule has 2 atom stereocenters. The van der Waals surface area contributed by atoms with E-state index in [9.17, 15) is 0 Å². The van der Waals surface area contributed by atoms with Crippen molar-refractivity contribution in [1.82, 2.24) is 15.2 Å². The van der Waals surface area contributed by atoms with Crippen molar-refractivity contribution in [3.05, 3.63) is 55.2 Å². The van der Waals surface area contributed by atoms with E-state index >= 15 is 0 Å². The van der Waals surface area contributed by atoms with Crippen LogP contribution >= 0.6 is 11.8 Å². The van der Waals surface area contributed by atoms with Gasteiger partial charge in [0.1, 0.15) is 0 Å². The molecule has 1 aromatic carbocycles. The van der Waals surface area contributed by atoms with Gasteiger partial charge in [0.25, 0.3) is 0 Å². The molecule has 0 spiro atoms. The van der Waals surface area contributed by atoms with E-state index in [2.05, 4.69) is 66.3 Å². The minimum Gasteiger partial charge on any atom is -0.312 e. The number of pyridine rings is 1. The molecule has 1 aromatic heterocycles. The lowest BCUT2D eigenvalue weighted by Crippen LogP contribution is -2.52. The van der Waals surface area contributed by atoms with E-state index in [0.717, 1.165) is 31.8 Å². The summed E-state index contributed by atoms with van der Waals surface area (Å²) in [5.41, 5.74) is 3.78. The van der Waals surface area contributed by atoms with Crippen molar-refractivity contribution < 1.29 is 0 Å². The number of rotatable bonds is 8. The second-order valence-corrected chi connectivity index (χ2v) is 8.66. The van der Waals surface area contributed by atoms with Crippen LogP contribution in [0.2, 0.25) is 0 Å². The van der Waals surface area contributed by atoms with Crippen molar-refractivity contribution in [1.29, 1.82) is 0 Å². The summed E-state index contributed by atoms with van der Waals surface area (Å²) in [7, 11) is 0. The van der Waals surface area contributed by atoms with Gasteiger partial charge in [-0.2, -0.15) is 0 Å². The Kier molecular flexibility index (Phi) is 7.74. The van der Waals surface area contributed by atoms with Crippen LogP contribution in [0.1, 0.15) is 31.7 Å². The first-order valence-corrected chi connectivity index (χ1v) is 11.1. The maximum absolute atomic E-state index is 4.36. The van der Waals surface area contributed by atoms with Gasteiger partial charge in [0, 0.05) is 54.6 Å². The summed E-state index contributed by atoms with van der Waals surface area (Å²) in [6, 6.07) is 12.1. The molecule has 0 amide bonds. The molecular weight excluding hydrogens is 350 g/mol. The molecule has 145 valence electrons. The zero-order valence-electron chi connectivity index (χ0n) is 16.7. The maximum atomic E-state index is 4.36. The first kappa shape index (κ1) is 20.4. The number of thioether (sulfide) groups is 1. The van der Waals surface area contributed by atoms with Crippen LogP contribution < -0.4 is 5.32 Å². The number of nitrogens with one attached hydrogen (secondary N) is 1. The number of benzene rings is 1. The molecule has 0 saturated carbocycles. The zero-order valence-corrected chi connectivity index (χ0v) is 17.5. The summed E-state index contributed by atoms with van der Waals surface area (Å²) in [5, 5.41) is 3.55. The predicted molar refractivity (Wildman–Crippen MR) is 117 cm³/mol. The van der Waals surface area contributed by atoms with Gasteiger partial charge in [0.15, 0.2) is 0 Å². The number of aryl methyl sites for hydroxylation is 1. The van der Waals surface area contributed by atoms with Crippen LogP contribution in [0.5, 0.6) is 0 Å². The molecule has 0 aliphatic carbocycles. The van der Waals surface area contributed by atoms with Crippen LogP contribution in [0, 0.1) is 13.8 Å². The van der Waals surface area contributed by atoms with Gasteiger partial charge >= 0.3 is 0 Å². The van der Waals surface area contributed by atoms with E-state index in [0.29, 0.717) is 12.1 Å². The predicted octanol–water partition coefficient (Wildman–Crippen LogP) is 4.82. The average molecular weight is 383 g/mol.